The van der Waals surface area contributed by atoms with Crippen LogP contribution in [0, 0.1) is 0 Å². The first-order valence-corrected chi connectivity index (χ1v) is 8.39. The second-order valence-electron chi connectivity index (χ2n) is 4.53. The number of carbonyl (C=O) groups is 1. The van der Waals surface area contributed by atoms with Gasteiger partial charge in [-0.05, 0) is 42.0 Å². The summed E-state index contributed by atoms with van der Waals surface area (Å²) in [5.41, 5.74) is 1.31. The van der Waals surface area contributed by atoms with E-state index >= 15 is 0 Å². The quantitative estimate of drug-likeness (QED) is 0.478. The minimum Gasteiger partial charge on any atom is -1.00 e. The van der Waals surface area contributed by atoms with Gasteiger partial charge in [0.2, 0.25) is 0 Å². The maximum absolute atomic E-state index is 11.1. The molecule has 0 unspecified atom stereocenters. The van der Waals surface area contributed by atoms with Crippen molar-refractivity contribution < 1.29 is 44.4 Å². The van der Waals surface area contributed by atoms with Gasteiger partial charge in [-0.3, -0.25) is 0 Å². The van der Waals surface area contributed by atoms with E-state index in [4.69, 9.17) is 14.6 Å². The molecule has 0 aliphatic carbocycles. The Balaban J connectivity index is -0.000000388. The van der Waals surface area contributed by atoms with Crippen molar-refractivity contribution in [2.24, 2.45) is 0 Å². The first kappa shape index (κ1) is 27.8. The molecule has 26 heavy (non-hydrogen) atoms. The van der Waals surface area contributed by atoms with E-state index in [9.17, 15) is 4.79 Å². The maximum atomic E-state index is 11.1. The van der Waals surface area contributed by atoms with Crippen molar-refractivity contribution in [3.63, 3.8) is 0 Å². The average Bonchev–Trinajstić information content (AvgIpc) is 2.60. The summed E-state index contributed by atoms with van der Waals surface area (Å²) >= 11 is 6.57. The SMILES string of the molecule is COC(=O)c1cc(Br)cc(OC)c1.COc1cc(Br)cc(CO)c1.[AlH3].[H-].[Li+]. The number of aliphatic hydroxyl groups is 1. The van der Waals surface area contributed by atoms with E-state index in [-0.39, 0.29) is 50.2 Å². The van der Waals surface area contributed by atoms with Gasteiger partial charge in [0.05, 0.1) is 33.5 Å². The van der Waals surface area contributed by atoms with Crippen LogP contribution in [0.2, 0.25) is 0 Å². The van der Waals surface area contributed by atoms with Crippen LogP contribution in [0.25, 0.3) is 0 Å². The number of hydrogen-bond donors (Lipinski definition) is 1. The molecule has 2 aromatic rings. The molecule has 9 heteroatoms. The van der Waals surface area contributed by atoms with Crippen molar-refractivity contribution in [1.82, 2.24) is 0 Å². The van der Waals surface area contributed by atoms with Gasteiger partial charge < -0.3 is 20.7 Å². The van der Waals surface area contributed by atoms with E-state index in [1.807, 2.05) is 12.1 Å². The third-order valence-corrected chi connectivity index (χ3v) is 3.79. The van der Waals surface area contributed by atoms with Crippen molar-refractivity contribution >= 4 is 55.2 Å². The third-order valence-electron chi connectivity index (χ3n) is 2.88. The topological polar surface area (TPSA) is 65.0 Å². The zero-order valence-corrected chi connectivity index (χ0v) is 17.7. The van der Waals surface area contributed by atoms with E-state index in [1.54, 1.807) is 38.5 Å². The summed E-state index contributed by atoms with van der Waals surface area (Å²) in [6.45, 7) is 0.0375. The van der Waals surface area contributed by atoms with Gasteiger partial charge in [0.25, 0.3) is 0 Å². The summed E-state index contributed by atoms with van der Waals surface area (Å²) in [7, 11) is 4.49. The molecule has 2 aromatic carbocycles. The molecule has 0 aliphatic heterocycles. The second kappa shape index (κ2) is 14.6. The summed E-state index contributed by atoms with van der Waals surface area (Å²) in [5, 5.41) is 8.81. The minimum absolute atomic E-state index is 0. The van der Waals surface area contributed by atoms with Gasteiger partial charge in [-0.25, -0.2) is 4.79 Å². The number of carbonyl (C=O) groups excluding carboxylic acids is 1. The van der Waals surface area contributed by atoms with E-state index in [2.05, 4.69) is 36.6 Å². The van der Waals surface area contributed by atoms with Gasteiger partial charge in [0.1, 0.15) is 11.5 Å². The van der Waals surface area contributed by atoms with Gasteiger partial charge in [-0.15, -0.1) is 0 Å². The van der Waals surface area contributed by atoms with Crippen molar-refractivity contribution in [3.05, 3.63) is 56.5 Å². The molecular weight excluding hydrogens is 478 g/mol. The van der Waals surface area contributed by atoms with Crippen LogP contribution in [0.4, 0.5) is 0 Å². The standard InChI is InChI=1S/C9H9BrO3.C8H9BrO2.Al.Li.4H/c1-12-8-4-6(9(11)13-2)3-7(10)5-8;1-11-8-3-6(5-10)2-7(9)4-8;;;;;;/h3-5H,1-2H3;2-4,10H,5H2,1H3;;;;;;/q;;;+1;;;;-1. The van der Waals surface area contributed by atoms with Gasteiger partial charge in [-0.2, -0.15) is 0 Å². The normalized spacial score (nSPS) is 8.85. The number of ether oxygens (including phenoxy) is 3. The van der Waals surface area contributed by atoms with Crippen molar-refractivity contribution in [2.75, 3.05) is 21.3 Å². The van der Waals surface area contributed by atoms with Crippen LogP contribution < -0.4 is 28.3 Å². The zero-order chi connectivity index (χ0) is 18.1. The fourth-order valence-corrected chi connectivity index (χ4v) is 2.74. The van der Waals surface area contributed by atoms with Crippen molar-refractivity contribution in [2.45, 2.75) is 6.61 Å². The molecule has 0 atom stereocenters. The molecule has 0 fully saturated rings. The summed E-state index contributed by atoms with van der Waals surface area (Å²) < 4.78 is 16.3. The van der Waals surface area contributed by atoms with Crippen LogP contribution in [0.1, 0.15) is 17.3 Å². The summed E-state index contributed by atoms with van der Waals surface area (Å²) in [5.74, 6) is 0.998. The Morgan fingerprint density at radius 3 is 1.92 bits per heavy atom. The van der Waals surface area contributed by atoms with Gasteiger partial charge in [-0.1, -0.05) is 31.9 Å². The Bertz CT molecular complexity index is 685. The average molecular weight is 500 g/mol. The van der Waals surface area contributed by atoms with E-state index < -0.39 is 0 Å². The van der Waals surface area contributed by atoms with E-state index in [0.717, 1.165) is 20.3 Å². The molecule has 0 saturated carbocycles. The van der Waals surface area contributed by atoms with Crippen LogP contribution in [0.15, 0.2) is 45.3 Å². The molecule has 0 radical (unpaired) electrons. The fraction of sp³-hybridized carbons (Fsp3) is 0.235. The van der Waals surface area contributed by atoms with E-state index in [1.165, 1.54) is 7.11 Å². The molecule has 0 amide bonds. The molecule has 0 heterocycles. The largest absolute Gasteiger partial charge is 1.00 e. The van der Waals surface area contributed by atoms with Crippen LogP contribution in [0.3, 0.4) is 0 Å². The Hall–Kier alpha value is -0.440. The summed E-state index contributed by atoms with van der Waals surface area (Å²) in [4.78, 5) is 11.1. The molecule has 2 rings (SSSR count). The Morgan fingerprint density at radius 2 is 1.46 bits per heavy atom. The number of halogens is 2. The number of rotatable bonds is 4. The number of aliphatic hydroxyl groups excluding tert-OH is 1. The first-order valence-electron chi connectivity index (χ1n) is 6.80. The number of hydrogen-bond acceptors (Lipinski definition) is 5. The zero-order valence-electron chi connectivity index (χ0n) is 15.5. The minimum atomic E-state index is -0.375. The molecule has 0 aromatic heterocycles. The second-order valence-corrected chi connectivity index (χ2v) is 6.36. The molecule has 0 aliphatic rings. The number of esters is 1. The van der Waals surface area contributed by atoms with Gasteiger partial charge in [0, 0.05) is 8.95 Å². The Kier molecular flexibility index (Phi) is 15.6. The predicted molar refractivity (Wildman–Crippen MR) is 110 cm³/mol. The van der Waals surface area contributed by atoms with Gasteiger partial charge >= 0.3 is 24.8 Å². The summed E-state index contributed by atoms with van der Waals surface area (Å²) in [6, 6.07) is 10.6. The Morgan fingerprint density at radius 1 is 0.962 bits per heavy atom. The van der Waals surface area contributed by atoms with Crippen LogP contribution in [-0.2, 0) is 11.3 Å². The molecule has 0 spiro atoms. The maximum Gasteiger partial charge on any atom is 1.00 e. The molecule has 0 saturated heterocycles. The number of benzene rings is 2. The monoisotopic (exact) mass is 498 g/mol. The summed E-state index contributed by atoms with van der Waals surface area (Å²) in [6.07, 6.45) is 0. The Labute approximate surface area is 194 Å². The van der Waals surface area contributed by atoms with Crippen molar-refractivity contribution in [1.29, 1.82) is 0 Å². The van der Waals surface area contributed by atoms with Crippen LogP contribution in [-0.4, -0.2) is 49.8 Å². The first-order chi connectivity index (χ1) is 11.4. The fourth-order valence-electron chi connectivity index (χ4n) is 1.75. The van der Waals surface area contributed by atoms with E-state index in [0.29, 0.717) is 11.3 Å². The predicted octanol–water partition coefficient (Wildman–Crippen LogP) is 0.127. The molecule has 0 bridgehead atoms. The number of methoxy groups -OCH3 is 3. The van der Waals surface area contributed by atoms with Gasteiger partial charge in [0.15, 0.2) is 17.4 Å². The molecular formula is C17H22AlBr2LiO5. The smallest absolute Gasteiger partial charge is 1.00 e. The van der Waals surface area contributed by atoms with Crippen molar-refractivity contribution in [3.8, 4) is 11.5 Å². The molecule has 5 nitrogen and oxygen atoms in total. The van der Waals surface area contributed by atoms with Crippen LogP contribution >= 0.6 is 31.9 Å². The molecule has 138 valence electrons. The third kappa shape index (κ3) is 9.48. The molecule has 1 N–H and O–H groups in total. The van der Waals surface area contributed by atoms with Crippen LogP contribution in [0.5, 0.6) is 11.5 Å².